The Hall–Kier alpha value is -1.75. The molecule has 5 nitrogen and oxygen atoms in total. The number of carbonyl (C=O) groups excluding carboxylic acids is 1. The van der Waals surface area contributed by atoms with Crippen molar-refractivity contribution in [3.8, 4) is 11.5 Å². The van der Waals surface area contributed by atoms with Crippen LogP contribution < -0.4 is 9.47 Å². The first kappa shape index (κ1) is 12.7. The van der Waals surface area contributed by atoms with Crippen molar-refractivity contribution in [2.45, 2.75) is 6.54 Å². The van der Waals surface area contributed by atoms with Crippen molar-refractivity contribution in [1.29, 1.82) is 0 Å². The molecule has 0 bridgehead atoms. The second kappa shape index (κ2) is 5.73. The lowest BCUT2D eigenvalue weighted by molar-refractivity contribution is -0.141. The number of nitrogens with zero attached hydrogens (tertiary/aromatic N) is 1. The van der Waals surface area contributed by atoms with E-state index in [1.54, 1.807) is 0 Å². The van der Waals surface area contributed by atoms with Crippen molar-refractivity contribution in [3.05, 3.63) is 23.8 Å². The van der Waals surface area contributed by atoms with Gasteiger partial charge in [0.2, 0.25) is 0 Å². The quantitative estimate of drug-likeness (QED) is 0.749. The SMILES string of the molecule is COC(=O)CN(C)Cc1ccc2c(c1)OCCO2. The Bertz CT molecular complexity index is 433. The highest BCUT2D eigenvalue weighted by atomic mass is 16.6. The van der Waals surface area contributed by atoms with Crippen LogP contribution in [0.2, 0.25) is 0 Å². The first-order chi connectivity index (χ1) is 8.69. The Kier molecular flexibility index (Phi) is 4.04. The van der Waals surface area contributed by atoms with Crippen LogP contribution in [0.5, 0.6) is 11.5 Å². The van der Waals surface area contributed by atoms with Crippen LogP contribution in [-0.4, -0.2) is 44.8 Å². The molecule has 0 aromatic heterocycles. The minimum Gasteiger partial charge on any atom is -0.486 e. The first-order valence-corrected chi connectivity index (χ1v) is 5.83. The molecule has 1 aliphatic heterocycles. The van der Waals surface area contributed by atoms with Gasteiger partial charge in [0.1, 0.15) is 13.2 Å². The van der Waals surface area contributed by atoms with Crippen LogP contribution in [-0.2, 0) is 16.1 Å². The van der Waals surface area contributed by atoms with Gasteiger partial charge in [0.05, 0.1) is 13.7 Å². The molecule has 18 heavy (non-hydrogen) atoms. The van der Waals surface area contributed by atoms with E-state index in [1.807, 2.05) is 30.1 Å². The fourth-order valence-corrected chi connectivity index (χ4v) is 1.84. The molecule has 0 amide bonds. The Morgan fingerprint density at radius 2 is 2.06 bits per heavy atom. The predicted octanol–water partition coefficient (Wildman–Crippen LogP) is 1.06. The number of carbonyl (C=O) groups is 1. The van der Waals surface area contributed by atoms with Crippen LogP contribution in [0.4, 0.5) is 0 Å². The summed E-state index contributed by atoms with van der Waals surface area (Å²) in [4.78, 5) is 13.0. The molecule has 0 saturated heterocycles. The molecule has 1 aliphatic rings. The lowest BCUT2D eigenvalue weighted by Crippen LogP contribution is -2.26. The summed E-state index contributed by atoms with van der Waals surface area (Å²) in [5, 5.41) is 0. The number of esters is 1. The Morgan fingerprint density at radius 3 is 2.78 bits per heavy atom. The highest BCUT2D eigenvalue weighted by molar-refractivity contribution is 5.71. The molecule has 0 radical (unpaired) electrons. The summed E-state index contributed by atoms with van der Waals surface area (Å²) in [7, 11) is 3.26. The third kappa shape index (κ3) is 3.13. The molecular weight excluding hydrogens is 234 g/mol. The molecule has 1 aromatic carbocycles. The monoisotopic (exact) mass is 251 g/mol. The van der Waals surface area contributed by atoms with E-state index in [9.17, 15) is 4.79 Å². The lowest BCUT2D eigenvalue weighted by atomic mass is 10.2. The summed E-state index contributed by atoms with van der Waals surface area (Å²) in [6, 6.07) is 5.82. The summed E-state index contributed by atoms with van der Waals surface area (Å²) < 4.78 is 15.6. The summed E-state index contributed by atoms with van der Waals surface area (Å²) in [6.07, 6.45) is 0. The molecule has 0 fully saturated rings. The normalized spacial score (nSPS) is 13.5. The molecule has 1 aromatic rings. The molecule has 2 rings (SSSR count). The van der Waals surface area contributed by atoms with Crippen molar-refractivity contribution in [3.63, 3.8) is 0 Å². The van der Waals surface area contributed by atoms with Crippen molar-refractivity contribution < 1.29 is 19.0 Å². The van der Waals surface area contributed by atoms with E-state index in [2.05, 4.69) is 4.74 Å². The maximum absolute atomic E-state index is 11.1. The van der Waals surface area contributed by atoms with Crippen LogP contribution >= 0.6 is 0 Å². The number of ether oxygens (including phenoxy) is 3. The van der Waals surface area contributed by atoms with E-state index in [1.165, 1.54) is 7.11 Å². The summed E-state index contributed by atoms with van der Waals surface area (Å²) >= 11 is 0. The highest BCUT2D eigenvalue weighted by Gasteiger charge is 2.13. The van der Waals surface area contributed by atoms with Gasteiger partial charge < -0.3 is 14.2 Å². The predicted molar refractivity (Wildman–Crippen MR) is 65.8 cm³/mol. The second-order valence-electron chi connectivity index (χ2n) is 4.23. The Balaban J connectivity index is 1.99. The van der Waals surface area contributed by atoms with Crippen LogP contribution in [0.1, 0.15) is 5.56 Å². The first-order valence-electron chi connectivity index (χ1n) is 5.83. The minimum atomic E-state index is -0.241. The summed E-state index contributed by atoms with van der Waals surface area (Å²) in [5.41, 5.74) is 1.07. The van der Waals surface area contributed by atoms with Gasteiger partial charge in [-0.1, -0.05) is 6.07 Å². The average molecular weight is 251 g/mol. The second-order valence-corrected chi connectivity index (χ2v) is 4.23. The number of hydrogen-bond acceptors (Lipinski definition) is 5. The van der Waals surface area contributed by atoms with Gasteiger partial charge in [0, 0.05) is 6.54 Å². The van der Waals surface area contributed by atoms with Crippen LogP contribution in [0, 0.1) is 0 Å². The molecule has 0 unspecified atom stereocenters. The van der Waals surface area contributed by atoms with Crippen molar-refractivity contribution >= 4 is 5.97 Å². The maximum Gasteiger partial charge on any atom is 0.319 e. The lowest BCUT2D eigenvalue weighted by Gasteiger charge is -2.20. The zero-order valence-electron chi connectivity index (χ0n) is 10.6. The number of likely N-dealkylation sites (N-methyl/N-ethyl adjacent to an activating group) is 1. The van der Waals surface area contributed by atoms with Gasteiger partial charge in [0.15, 0.2) is 11.5 Å². The smallest absolute Gasteiger partial charge is 0.319 e. The molecule has 0 N–H and O–H groups in total. The van der Waals surface area contributed by atoms with Crippen molar-refractivity contribution in [1.82, 2.24) is 4.90 Å². The zero-order chi connectivity index (χ0) is 13.0. The topological polar surface area (TPSA) is 48.0 Å². The van der Waals surface area contributed by atoms with E-state index in [0.29, 0.717) is 19.8 Å². The zero-order valence-corrected chi connectivity index (χ0v) is 10.6. The highest BCUT2D eigenvalue weighted by Crippen LogP contribution is 2.30. The third-order valence-electron chi connectivity index (χ3n) is 2.69. The fraction of sp³-hybridized carbons (Fsp3) is 0.462. The van der Waals surface area contributed by atoms with E-state index in [0.717, 1.165) is 17.1 Å². The average Bonchev–Trinajstić information content (AvgIpc) is 2.38. The fourth-order valence-electron chi connectivity index (χ4n) is 1.84. The Labute approximate surface area is 106 Å². The van der Waals surface area contributed by atoms with Gasteiger partial charge in [-0.05, 0) is 24.7 Å². The van der Waals surface area contributed by atoms with Gasteiger partial charge in [0.25, 0.3) is 0 Å². The van der Waals surface area contributed by atoms with E-state index < -0.39 is 0 Å². The minimum absolute atomic E-state index is 0.241. The van der Waals surface area contributed by atoms with Crippen LogP contribution in [0.3, 0.4) is 0 Å². The third-order valence-corrected chi connectivity index (χ3v) is 2.69. The molecule has 0 atom stereocenters. The molecule has 0 saturated carbocycles. The van der Waals surface area contributed by atoms with E-state index >= 15 is 0 Å². The van der Waals surface area contributed by atoms with Gasteiger partial charge in [-0.15, -0.1) is 0 Å². The van der Waals surface area contributed by atoms with E-state index in [-0.39, 0.29) is 12.5 Å². The number of benzene rings is 1. The standard InChI is InChI=1S/C13H17NO4/c1-14(9-13(15)16-2)8-10-3-4-11-12(7-10)18-6-5-17-11/h3-4,7H,5-6,8-9H2,1-2H3. The number of rotatable bonds is 4. The van der Waals surface area contributed by atoms with Gasteiger partial charge in [-0.3, -0.25) is 9.69 Å². The summed E-state index contributed by atoms with van der Waals surface area (Å²) in [6.45, 7) is 2.10. The molecular formula is C13H17NO4. The largest absolute Gasteiger partial charge is 0.486 e. The summed E-state index contributed by atoms with van der Waals surface area (Å²) in [5.74, 6) is 1.31. The molecule has 0 aliphatic carbocycles. The van der Waals surface area contributed by atoms with Gasteiger partial charge in [-0.25, -0.2) is 0 Å². The molecule has 98 valence electrons. The van der Waals surface area contributed by atoms with Crippen LogP contribution in [0.15, 0.2) is 18.2 Å². The molecule has 5 heteroatoms. The van der Waals surface area contributed by atoms with E-state index in [4.69, 9.17) is 9.47 Å². The van der Waals surface area contributed by atoms with Gasteiger partial charge >= 0.3 is 5.97 Å². The number of fused-ring (bicyclic) bond motifs is 1. The number of methoxy groups -OCH3 is 1. The van der Waals surface area contributed by atoms with Crippen molar-refractivity contribution in [2.24, 2.45) is 0 Å². The molecule has 1 heterocycles. The number of hydrogen-bond donors (Lipinski definition) is 0. The van der Waals surface area contributed by atoms with Gasteiger partial charge in [-0.2, -0.15) is 0 Å². The van der Waals surface area contributed by atoms with Crippen molar-refractivity contribution in [2.75, 3.05) is 33.9 Å². The van der Waals surface area contributed by atoms with Crippen LogP contribution in [0.25, 0.3) is 0 Å². The molecule has 0 spiro atoms. The Morgan fingerprint density at radius 1 is 1.33 bits per heavy atom. The maximum atomic E-state index is 11.1.